The zero-order valence-corrected chi connectivity index (χ0v) is 10.2. The minimum Gasteiger partial charge on any atom is -0.370 e. The summed E-state index contributed by atoms with van der Waals surface area (Å²) in [5, 5.41) is 6.00. The van der Waals surface area contributed by atoms with Crippen LogP contribution in [0.5, 0.6) is 0 Å². The third kappa shape index (κ3) is 6.50. The van der Waals surface area contributed by atoms with E-state index in [4.69, 9.17) is 20.9 Å². The summed E-state index contributed by atoms with van der Waals surface area (Å²) in [6.45, 7) is 1.66. The Balaban J connectivity index is 2.05. The molecule has 2 unspecified atom stereocenters. The number of hydrogen-bond acceptors (Lipinski definition) is 6. The molecular weight excluding hydrogens is 240 g/mol. The average Bonchev–Trinajstić information content (AvgIpc) is 2.30. The Hall–Kier alpha value is -1.22. The monoisotopic (exact) mass is 260 g/mol. The molecule has 8 nitrogen and oxygen atoms in total. The molecule has 2 amide bonds. The first-order chi connectivity index (χ1) is 8.58. The molecule has 2 atom stereocenters. The maximum atomic E-state index is 10.5. The fourth-order valence-electron chi connectivity index (χ4n) is 1.45. The van der Waals surface area contributed by atoms with Gasteiger partial charge in [0.15, 0.2) is 0 Å². The highest BCUT2D eigenvalue weighted by Gasteiger charge is 2.21. The van der Waals surface area contributed by atoms with E-state index in [1.54, 1.807) is 0 Å². The minimum absolute atomic E-state index is 0.237. The van der Waals surface area contributed by atoms with Crippen molar-refractivity contribution in [1.82, 2.24) is 10.6 Å². The quantitative estimate of drug-likeness (QED) is 0.385. The molecule has 1 rings (SSSR count). The summed E-state index contributed by atoms with van der Waals surface area (Å²) in [6, 6.07) is 0. The van der Waals surface area contributed by atoms with E-state index in [2.05, 4.69) is 10.6 Å². The van der Waals surface area contributed by atoms with E-state index < -0.39 is 0 Å². The fourth-order valence-corrected chi connectivity index (χ4v) is 1.45. The highest BCUT2D eigenvalue weighted by molar-refractivity contribution is 5.74. The summed E-state index contributed by atoms with van der Waals surface area (Å²) in [7, 11) is 0. The Kier molecular flexibility index (Phi) is 6.58. The molecule has 1 fully saturated rings. The summed E-state index contributed by atoms with van der Waals surface area (Å²) in [5.41, 5.74) is 10.0. The maximum absolute atomic E-state index is 10.5. The topological polar surface area (TPSA) is 129 Å². The number of ether oxygens (including phenoxy) is 2. The predicted molar refractivity (Wildman–Crippen MR) is 63.1 cm³/mol. The number of primary amides is 2. The predicted octanol–water partition coefficient (Wildman–Crippen LogP) is -2.38. The average molecular weight is 260 g/mol. The first-order valence-corrected chi connectivity index (χ1v) is 5.84. The first-order valence-electron chi connectivity index (χ1n) is 5.84. The number of nitrogens with two attached hydrogens (primary N) is 2. The molecule has 0 aromatic carbocycles. The Labute approximate surface area is 105 Å². The summed E-state index contributed by atoms with van der Waals surface area (Å²) in [5.74, 6) is -0.713. The van der Waals surface area contributed by atoms with Crippen molar-refractivity contribution in [3.8, 4) is 0 Å². The van der Waals surface area contributed by atoms with Crippen LogP contribution in [0.2, 0.25) is 0 Å². The van der Waals surface area contributed by atoms with Crippen LogP contribution < -0.4 is 22.1 Å². The second kappa shape index (κ2) is 7.98. The number of amides is 2. The van der Waals surface area contributed by atoms with Crippen molar-refractivity contribution >= 4 is 11.8 Å². The van der Waals surface area contributed by atoms with Gasteiger partial charge in [-0.2, -0.15) is 0 Å². The van der Waals surface area contributed by atoms with Crippen LogP contribution in [-0.4, -0.2) is 50.6 Å². The number of carbonyl (C=O) groups is 2. The van der Waals surface area contributed by atoms with E-state index in [1.807, 2.05) is 0 Å². The van der Waals surface area contributed by atoms with E-state index in [0.29, 0.717) is 26.3 Å². The smallest absolute Gasteiger partial charge is 0.218 e. The molecule has 104 valence electrons. The van der Waals surface area contributed by atoms with E-state index in [-0.39, 0.29) is 37.1 Å². The Morgan fingerprint density at radius 3 is 1.61 bits per heavy atom. The first kappa shape index (κ1) is 14.8. The molecule has 18 heavy (non-hydrogen) atoms. The van der Waals surface area contributed by atoms with Crippen molar-refractivity contribution < 1.29 is 19.1 Å². The van der Waals surface area contributed by atoms with Gasteiger partial charge in [0, 0.05) is 25.9 Å². The molecule has 0 bridgehead atoms. The molecule has 0 aliphatic carbocycles. The van der Waals surface area contributed by atoms with Crippen LogP contribution in [0.3, 0.4) is 0 Å². The van der Waals surface area contributed by atoms with Crippen LogP contribution in [0.1, 0.15) is 12.8 Å². The normalized spacial score (nSPS) is 23.8. The lowest BCUT2D eigenvalue weighted by atomic mass is 10.4. The lowest BCUT2D eigenvalue weighted by Gasteiger charge is -2.30. The third-order valence-electron chi connectivity index (χ3n) is 2.38. The molecule has 1 heterocycles. The minimum atomic E-state index is -0.356. The van der Waals surface area contributed by atoms with Crippen molar-refractivity contribution in [1.29, 1.82) is 0 Å². The Bertz CT molecular complexity index is 251. The molecule has 0 saturated carbocycles. The van der Waals surface area contributed by atoms with E-state index >= 15 is 0 Å². The lowest BCUT2D eigenvalue weighted by molar-refractivity contribution is -0.153. The van der Waals surface area contributed by atoms with Gasteiger partial charge in [0.05, 0.1) is 13.2 Å². The van der Waals surface area contributed by atoms with Crippen molar-refractivity contribution in [2.45, 2.75) is 25.3 Å². The van der Waals surface area contributed by atoms with E-state index in [1.165, 1.54) is 0 Å². The van der Waals surface area contributed by atoms with Crippen molar-refractivity contribution in [3.05, 3.63) is 0 Å². The molecule has 0 aromatic rings. The van der Waals surface area contributed by atoms with Crippen LogP contribution in [0.15, 0.2) is 0 Å². The Morgan fingerprint density at radius 2 is 1.33 bits per heavy atom. The molecule has 6 N–H and O–H groups in total. The van der Waals surface area contributed by atoms with Crippen molar-refractivity contribution in [3.63, 3.8) is 0 Å². The van der Waals surface area contributed by atoms with Crippen LogP contribution in [0.25, 0.3) is 0 Å². The number of nitrogens with one attached hydrogen (secondary N) is 2. The highest BCUT2D eigenvalue weighted by atomic mass is 16.6. The second-order valence-corrected chi connectivity index (χ2v) is 3.98. The molecule has 0 aromatic heterocycles. The number of carbonyl (C=O) groups excluding carboxylic acids is 2. The number of rotatable bonds is 8. The molecular formula is C10H20N4O4. The lowest BCUT2D eigenvalue weighted by Crippen LogP contribution is -2.50. The van der Waals surface area contributed by atoms with Gasteiger partial charge in [-0.1, -0.05) is 0 Å². The van der Waals surface area contributed by atoms with E-state index in [0.717, 1.165) is 0 Å². The molecule has 0 radical (unpaired) electrons. The van der Waals surface area contributed by atoms with Crippen molar-refractivity contribution in [2.24, 2.45) is 11.5 Å². The molecule has 1 aliphatic heterocycles. The summed E-state index contributed by atoms with van der Waals surface area (Å²) < 4.78 is 10.9. The molecule has 1 aliphatic rings. The summed E-state index contributed by atoms with van der Waals surface area (Å²) in [4.78, 5) is 21.1. The van der Waals surface area contributed by atoms with Gasteiger partial charge in [-0.25, -0.2) is 0 Å². The molecule has 8 heteroatoms. The van der Waals surface area contributed by atoms with Gasteiger partial charge in [0.2, 0.25) is 11.8 Å². The van der Waals surface area contributed by atoms with Gasteiger partial charge in [0.25, 0.3) is 0 Å². The van der Waals surface area contributed by atoms with Crippen LogP contribution in [0.4, 0.5) is 0 Å². The van der Waals surface area contributed by atoms with Gasteiger partial charge in [0.1, 0.15) is 12.5 Å². The van der Waals surface area contributed by atoms with Crippen LogP contribution in [0, 0.1) is 0 Å². The maximum Gasteiger partial charge on any atom is 0.218 e. The standard InChI is InChI=1S/C10H20N4O4/c11-7(15)1-3-13-9-5-18-10(6-17-9)14-4-2-8(12)16/h9-10,13-14H,1-6H2,(H2,11,15)(H2,12,16). The summed E-state index contributed by atoms with van der Waals surface area (Å²) >= 11 is 0. The van der Waals surface area contributed by atoms with E-state index in [9.17, 15) is 9.59 Å². The number of hydrogen-bond donors (Lipinski definition) is 4. The zero-order chi connectivity index (χ0) is 13.4. The fraction of sp³-hybridized carbons (Fsp3) is 0.800. The van der Waals surface area contributed by atoms with Gasteiger partial charge in [-0.05, 0) is 0 Å². The Morgan fingerprint density at radius 1 is 0.944 bits per heavy atom. The third-order valence-corrected chi connectivity index (χ3v) is 2.38. The summed E-state index contributed by atoms with van der Waals surface area (Å²) in [6.07, 6.45) is 0.0532. The van der Waals surface area contributed by atoms with Crippen molar-refractivity contribution in [2.75, 3.05) is 26.3 Å². The zero-order valence-electron chi connectivity index (χ0n) is 10.2. The van der Waals surface area contributed by atoms with Crippen LogP contribution >= 0.6 is 0 Å². The van der Waals surface area contributed by atoms with Gasteiger partial charge >= 0.3 is 0 Å². The highest BCUT2D eigenvalue weighted by Crippen LogP contribution is 2.03. The molecule has 1 saturated heterocycles. The second-order valence-electron chi connectivity index (χ2n) is 3.98. The van der Waals surface area contributed by atoms with Gasteiger partial charge < -0.3 is 20.9 Å². The SMILES string of the molecule is NC(=O)CCNC1COC(NCCC(N)=O)CO1. The van der Waals surface area contributed by atoms with Gasteiger partial charge in [-0.3, -0.25) is 20.2 Å². The van der Waals surface area contributed by atoms with Gasteiger partial charge in [-0.15, -0.1) is 0 Å². The molecule has 0 spiro atoms. The largest absolute Gasteiger partial charge is 0.370 e. The van der Waals surface area contributed by atoms with Crippen LogP contribution in [-0.2, 0) is 19.1 Å².